The van der Waals surface area contributed by atoms with Crippen LogP contribution in [0.15, 0.2) is 48.5 Å². The third kappa shape index (κ3) is 6.70. The minimum absolute atomic E-state index is 0.0503. The van der Waals surface area contributed by atoms with E-state index in [4.69, 9.17) is 9.47 Å². The second-order valence-electron chi connectivity index (χ2n) is 12.1. The lowest BCUT2D eigenvalue weighted by molar-refractivity contribution is 0.401. The van der Waals surface area contributed by atoms with Crippen LogP contribution in [0, 0.1) is 0 Å². The number of thioether (sulfide) groups is 2. The molecule has 1 aliphatic heterocycles. The highest BCUT2D eigenvalue weighted by molar-refractivity contribution is 7.98. The second kappa shape index (κ2) is 11.4. The fourth-order valence-corrected chi connectivity index (χ4v) is 6.85. The van der Waals surface area contributed by atoms with Gasteiger partial charge in [0.2, 0.25) is 0 Å². The van der Waals surface area contributed by atoms with Crippen LogP contribution in [0.25, 0.3) is 0 Å². The maximum atomic E-state index is 6.12. The topological polar surface area (TPSA) is 18.5 Å². The molecule has 1 heterocycles. The zero-order chi connectivity index (χ0) is 26.8. The van der Waals surface area contributed by atoms with Crippen LogP contribution in [0.3, 0.4) is 0 Å². The Morgan fingerprint density at radius 2 is 0.973 bits per heavy atom. The van der Waals surface area contributed by atoms with Crippen molar-refractivity contribution in [3.05, 3.63) is 93.0 Å². The number of benzene rings is 3. The van der Waals surface area contributed by atoms with Crippen LogP contribution < -0.4 is 9.47 Å². The number of fused-ring (bicyclic) bond motifs is 6. The Morgan fingerprint density at radius 3 is 1.35 bits per heavy atom. The average Bonchev–Trinajstić information content (AvgIpc) is 2.82. The van der Waals surface area contributed by atoms with E-state index in [0.717, 1.165) is 40.9 Å². The van der Waals surface area contributed by atoms with Crippen molar-refractivity contribution in [1.29, 1.82) is 0 Å². The fraction of sp³-hybridized carbons (Fsp3) is 0.455. The molecule has 0 spiro atoms. The van der Waals surface area contributed by atoms with Crippen molar-refractivity contribution in [2.45, 2.75) is 81.8 Å². The van der Waals surface area contributed by atoms with Crippen molar-refractivity contribution < 1.29 is 9.47 Å². The fourth-order valence-electron chi connectivity index (χ4n) is 4.95. The van der Waals surface area contributed by atoms with Gasteiger partial charge in [-0.15, -0.1) is 0 Å². The number of rotatable bonds is 2. The molecule has 6 bridgehead atoms. The van der Waals surface area contributed by atoms with E-state index in [2.05, 4.69) is 90.1 Å². The predicted octanol–water partition coefficient (Wildman–Crippen LogP) is 9.07. The van der Waals surface area contributed by atoms with E-state index in [1.54, 1.807) is 0 Å². The standard InChI is InChI=1S/C33H42O2S2/c1-32(2,3)28-14-24-13-25-15-29(33(4,5)6)17-27(31(25)35-8)21-37-19-23-11-9-10-22(12-23)18-36-20-26(16-28)30(24)34-7/h9-12,14-17H,13,18-21H2,1-8H3. The summed E-state index contributed by atoms with van der Waals surface area (Å²) in [5, 5.41) is 0. The Morgan fingerprint density at radius 1 is 0.568 bits per heavy atom. The van der Waals surface area contributed by atoms with Gasteiger partial charge in [0.25, 0.3) is 0 Å². The van der Waals surface area contributed by atoms with E-state index in [1.807, 2.05) is 37.7 Å². The van der Waals surface area contributed by atoms with E-state index in [9.17, 15) is 0 Å². The molecular formula is C33H42O2S2. The summed E-state index contributed by atoms with van der Waals surface area (Å²) in [4.78, 5) is 0. The number of methoxy groups -OCH3 is 2. The Labute approximate surface area is 232 Å². The first-order chi connectivity index (χ1) is 17.5. The molecule has 3 aromatic rings. The van der Waals surface area contributed by atoms with Gasteiger partial charge in [0.1, 0.15) is 11.5 Å². The summed E-state index contributed by atoms with van der Waals surface area (Å²) in [6, 6.07) is 18.5. The summed E-state index contributed by atoms with van der Waals surface area (Å²) in [7, 11) is 3.63. The minimum atomic E-state index is 0.0503. The van der Waals surface area contributed by atoms with Gasteiger partial charge in [0.15, 0.2) is 0 Å². The first-order valence-corrected chi connectivity index (χ1v) is 15.4. The van der Waals surface area contributed by atoms with Gasteiger partial charge < -0.3 is 9.47 Å². The Balaban J connectivity index is 1.92. The van der Waals surface area contributed by atoms with Gasteiger partial charge in [0, 0.05) is 40.6 Å². The summed E-state index contributed by atoms with van der Waals surface area (Å²) < 4.78 is 12.2. The monoisotopic (exact) mass is 534 g/mol. The predicted molar refractivity (Wildman–Crippen MR) is 163 cm³/mol. The Hall–Kier alpha value is -2.04. The van der Waals surface area contributed by atoms with Crippen molar-refractivity contribution in [2.75, 3.05) is 14.2 Å². The van der Waals surface area contributed by atoms with Gasteiger partial charge in [-0.1, -0.05) is 90.1 Å². The van der Waals surface area contributed by atoms with Crippen molar-refractivity contribution in [1.82, 2.24) is 0 Å². The van der Waals surface area contributed by atoms with Crippen LogP contribution >= 0.6 is 23.5 Å². The SMILES string of the molecule is COc1c2cc(C(C)(C)C)cc1Cc1cc(C(C)(C)C)cc(c1OC)CSCc1cccc(c1)CSC2. The molecule has 0 atom stereocenters. The lowest BCUT2D eigenvalue weighted by Crippen LogP contribution is -2.15. The van der Waals surface area contributed by atoms with Gasteiger partial charge in [-0.05, 0) is 44.2 Å². The van der Waals surface area contributed by atoms with Crippen LogP contribution in [0.5, 0.6) is 11.5 Å². The molecule has 0 fully saturated rings. The Kier molecular flexibility index (Phi) is 8.60. The molecule has 0 unspecified atom stereocenters. The second-order valence-corrected chi connectivity index (χ2v) is 14.1. The highest BCUT2D eigenvalue weighted by Gasteiger charge is 2.24. The van der Waals surface area contributed by atoms with Gasteiger partial charge in [-0.25, -0.2) is 0 Å². The molecule has 0 amide bonds. The van der Waals surface area contributed by atoms with E-state index >= 15 is 0 Å². The van der Waals surface area contributed by atoms with Crippen molar-refractivity contribution in [2.24, 2.45) is 0 Å². The zero-order valence-electron chi connectivity index (χ0n) is 23.8. The summed E-state index contributed by atoms with van der Waals surface area (Å²) in [6.07, 6.45) is 0.786. The third-order valence-electron chi connectivity index (χ3n) is 7.05. The van der Waals surface area contributed by atoms with Gasteiger partial charge in [0.05, 0.1) is 14.2 Å². The first-order valence-electron chi connectivity index (χ1n) is 13.1. The Bertz CT molecular complexity index is 1160. The largest absolute Gasteiger partial charge is 0.496 e. The first kappa shape index (κ1) is 28.0. The third-order valence-corrected chi connectivity index (χ3v) is 9.16. The molecule has 0 aromatic heterocycles. The number of hydrogen-bond donors (Lipinski definition) is 0. The van der Waals surface area contributed by atoms with Gasteiger partial charge in [-0.2, -0.15) is 23.5 Å². The molecular weight excluding hydrogens is 492 g/mol. The van der Waals surface area contributed by atoms with Crippen LogP contribution in [0.1, 0.15) is 86.1 Å². The zero-order valence-corrected chi connectivity index (χ0v) is 25.4. The molecule has 0 N–H and O–H groups in total. The molecule has 0 aliphatic carbocycles. The van der Waals surface area contributed by atoms with Crippen molar-refractivity contribution >= 4 is 23.5 Å². The molecule has 0 saturated heterocycles. The van der Waals surface area contributed by atoms with E-state index in [0.29, 0.717) is 0 Å². The summed E-state index contributed by atoms with van der Waals surface area (Å²) >= 11 is 3.93. The molecule has 0 saturated carbocycles. The van der Waals surface area contributed by atoms with E-state index in [1.165, 1.54) is 44.5 Å². The molecule has 0 radical (unpaired) electrons. The maximum Gasteiger partial charge on any atom is 0.126 e. The highest BCUT2D eigenvalue weighted by atomic mass is 32.2. The lowest BCUT2D eigenvalue weighted by Gasteiger charge is -2.26. The summed E-state index contributed by atoms with van der Waals surface area (Å²) in [5.41, 5.74) is 10.6. The minimum Gasteiger partial charge on any atom is -0.496 e. The van der Waals surface area contributed by atoms with Crippen LogP contribution in [0.2, 0.25) is 0 Å². The van der Waals surface area contributed by atoms with Crippen molar-refractivity contribution in [3.8, 4) is 11.5 Å². The number of hydrogen-bond acceptors (Lipinski definition) is 4. The lowest BCUT2D eigenvalue weighted by atomic mass is 9.82. The normalized spacial score (nSPS) is 14.8. The van der Waals surface area contributed by atoms with Crippen molar-refractivity contribution in [3.63, 3.8) is 0 Å². The molecule has 1 aliphatic rings. The molecule has 198 valence electrons. The van der Waals surface area contributed by atoms with E-state index in [-0.39, 0.29) is 10.8 Å². The van der Waals surface area contributed by atoms with Crippen LogP contribution in [-0.2, 0) is 40.3 Å². The van der Waals surface area contributed by atoms with Gasteiger partial charge in [-0.3, -0.25) is 0 Å². The van der Waals surface area contributed by atoms with Crippen LogP contribution in [0.4, 0.5) is 0 Å². The number of ether oxygens (including phenoxy) is 2. The molecule has 2 nitrogen and oxygen atoms in total. The van der Waals surface area contributed by atoms with E-state index < -0.39 is 0 Å². The average molecular weight is 535 g/mol. The van der Waals surface area contributed by atoms with Crippen LogP contribution in [-0.4, -0.2) is 14.2 Å². The molecule has 37 heavy (non-hydrogen) atoms. The summed E-state index contributed by atoms with van der Waals surface area (Å²) in [6.45, 7) is 13.8. The molecule has 3 aromatic carbocycles. The highest BCUT2D eigenvalue weighted by Crippen LogP contribution is 2.40. The quantitative estimate of drug-likeness (QED) is 0.326. The summed E-state index contributed by atoms with van der Waals surface area (Å²) in [5.74, 6) is 5.87. The maximum absolute atomic E-state index is 6.12. The smallest absolute Gasteiger partial charge is 0.126 e. The molecule has 4 heteroatoms. The molecule has 4 rings (SSSR count). The van der Waals surface area contributed by atoms with Gasteiger partial charge >= 0.3 is 0 Å².